The maximum atomic E-state index is 11.2. The van der Waals surface area contributed by atoms with Crippen molar-refractivity contribution in [1.29, 1.82) is 0 Å². The molecule has 0 aromatic carbocycles. The Morgan fingerprint density at radius 1 is 1.38 bits per heavy atom. The molecule has 0 atom stereocenters. The van der Waals surface area contributed by atoms with Gasteiger partial charge in [0.1, 0.15) is 5.00 Å². The Morgan fingerprint density at radius 3 is 2.23 bits per heavy atom. The summed E-state index contributed by atoms with van der Waals surface area (Å²) in [6.07, 6.45) is 1.18. The summed E-state index contributed by atoms with van der Waals surface area (Å²) < 4.78 is 23.7. The Bertz CT molecular complexity index is 408. The van der Waals surface area contributed by atoms with E-state index in [9.17, 15) is 8.42 Å². The molecule has 4 nitrogen and oxygen atoms in total. The van der Waals surface area contributed by atoms with E-state index in [0.717, 1.165) is 10.7 Å². The van der Waals surface area contributed by atoms with Crippen molar-refractivity contribution in [2.45, 2.75) is 13.8 Å². The van der Waals surface area contributed by atoms with Crippen LogP contribution in [0.3, 0.4) is 0 Å². The van der Waals surface area contributed by atoms with Gasteiger partial charge in [-0.15, -0.1) is 11.3 Å². The number of anilines is 1. The molecule has 74 valence electrons. The molecule has 13 heavy (non-hydrogen) atoms. The highest BCUT2D eigenvalue weighted by Gasteiger charge is 2.17. The van der Waals surface area contributed by atoms with Gasteiger partial charge in [0.2, 0.25) is 10.0 Å². The Balaban J connectivity index is 3.16. The lowest BCUT2D eigenvalue weighted by atomic mass is 10.5. The van der Waals surface area contributed by atoms with Gasteiger partial charge in [-0.25, -0.2) is 13.4 Å². The highest BCUT2D eigenvalue weighted by Crippen LogP contribution is 2.27. The third-order valence-corrected chi connectivity index (χ3v) is 4.10. The zero-order chi connectivity index (χ0) is 10.2. The lowest BCUT2D eigenvalue weighted by molar-refractivity contribution is 0.600. The van der Waals surface area contributed by atoms with Crippen LogP contribution in [0.25, 0.3) is 0 Å². The summed E-state index contributed by atoms with van der Waals surface area (Å²) in [4.78, 5) is 4.16. The first-order valence-corrected chi connectivity index (χ1v) is 6.37. The van der Waals surface area contributed by atoms with Crippen LogP contribution in [0, 0.1) is 13.8 Å². The molecule has 0 aliphatic carbocycles. The SMILES string of the molecule is Cc1nc(C)c(N(C)S(C)(=O)=O)s1. The van der Waals surface area contributed by atoms with Crippen molar-refractivity contribution >= 4 is 26.4 Å². The standard InChI is InChI=1S/C7H12N2O2S2/c1-5-7(12-6(2)8-5)9(3)13(4,10)11/h1-4H3. The number of nitrogens with zero attached hydrogens (tertiary/aromatic N) is 2. The summed E-state index contributed by atoms with van der Waals surface area (Å²) in [5.74, 6) is 0. The van der Waals surface area contributed by atoms with E-state index < -0.39 is 10.0 Å². The van der Waals surface area contributed by atoms with Crippen LogP contribution < -0.4 is 4.31 Å². The number of sulfonamides is 1. The monoisotopic (exact) mass is 220 g/mol. The van der Waals surface area contributed by atoms with Crippen molar-refractivity contribution in [3.8, 4) is 0 Å². The first-order chi connectivity index (χ1) is 5.82. The lowest BCUT2D eigenvalue weighted by Crippen LogP contribution is -2.24. The highest BCUT2D eigenvalue weighted by atomic mass is 32.2. The van der Waals surface area contributed by atoms with Crippen molar-refractivity contribution in [1.82, 2.24) is 4.98 Å². The molecule has 0 spiro atoms. The Hall–Kier alpha value is -0.620. The minimum absolute atomic E-state index is 0.694. The van der Waals surface area contributed by atoms with Crippen molar-refractivity contribution in [2.75, 3.05) is 17.6 Å². The maximum absolute atomic E-state index is 11.2. The number of aryl methyl sites for hydroxylation is 2. The van der Waals surface area contributed by atoms with Gasteiger partial charge in [0.15, 0.2) is 0 Å². The summed E-state index contributed by atoms with van der Waals surface area (Å²) in [5.41, 5.74) is 0.760. The average Bonchev–Trinajstić information content (AvgIpc) is 2.26. The van der Waals surface area contributed by atoms with Gasteiger partial charge in [0, 0.05) is 7.05 Å². The second kappa shape index (κ2) is 3.26. The molecule has 0 radical (unpaired) electrons. The molecule has 1 rings (SSSR count). The van der Waals surface area contributed by atoms with Crippen LogP contribution in [0.15, 0.2) is 0 Å². The number of hydrogen-bond acceptors (Lipinski definition) is 4. The minimum atomic E-state index is -3.16. The minimum Gasteiger partial charge on any atom is -0.263 e. The fourth-order valence-corrected chi connectivity index (χ4v) is 2.70. The molecule has 0 N–H and O–H groups in total. The summed E-state index contributed by atoms with van der Waals surface area (Å²) in [6, 6.07) is 0. The molecule has 1 heterocycles. The smallest absolute Gasteiger partial charge is 0.232 e. The average molecular weight is 220 g/mol. The molecule has 0 saturated heterocycles. The molecule has 0 aliphatic rings. The van der Waals surface area contributed by atoms with Crippen molar-refractivity contribution in [3.05, 3.63) is 10.7 Å². The summed E-state index contributed by atoms with van der Waals surface area (Å²) in [6.45, 7) is 3.66. The van der Waals surface area contributed by atoms with Gasteiger partial charge < -0.3 is 0 Å². The Kier molecular flexibility index (Phi) is 2.63. The van der Waals surface area contributed by atoms with Gasteiger partial charge in [-0.3, -0.25) is 4.31 Å². The highest BCUT2D eigenvalue weighted by molar-refractivity contribution is 7.92. The third-order valence-electron chi connectivity index (χ3n) is 1.66. The number of aromatic nitrogens is 1. The first kappa shape index (κ1) is 10.5. The first-order valence-electron chi connectivity index (χ1n) is 3.70. The summed E-state index contributed by atoms with van der Waals surface area (Å²) in [7, 11) is -1.62. The van der Waals surface area contributed by atoms with Crippen LogP contribution in [0.4, 0.5) is 5.00 Å². The number of rotatable bonds is 2. The zero-order valence-corrected chi connectivity index (χ0v) is 9.66. The van der Waals surface area contributed by atoms with Gasteiger partial charge in [-0.2, -0.15) is 0 Å². The predicted molar refractivity (Wildman–Crippen MR) is 54.8 cm³/mol. The molecule has 6 heteroatoms. The molecule has 1 aromatic heterocycles. The van der Waals surface area contributed by atoms with Crippen molar-refractivity contribution < 1.29 is 8.42 Å². The molecule has 0 amide bonds. The third kappa shape index (κ3) is 2.19. The van der Waals surface area contributed by atoms with E-state index in [1.165, 1.54) is 28.9 Å². The molecule has 1 aromatic rings. The van der Waals surface area contributed by atoms with Gasteiger partial charge in [-0.1, -0.05) is 0 Å². The van der Waals surface area contributed by atoms with Crippen LogP contribution in [0.2, 0.25) is 0 Å². The zero-order valence-electron chi connectivity index (χ0n) is 8.03. The second-order valence-electron chi connectivity index (χ2n) is 2.85. The lowest BCUT2D eigenvalue weighted by Gasteiger charge is -2.14. The van der Waals surface area contributed by atoms with Crippen LogP contribution in [0.1, 0.15) is 10.7 Å². The van der Waals surface area contributed by atoms with Crippen molar-refractivity contribution in [2.24, 2.45) is 0 Å². The van der Waals surface area contributed by atoms with E-state index in [-0.39, 0.29) is 0 Å². The largest absolute Gasteiger partial charge is 0.263 e. The van der Waals surface area contributed by atoms with E-state index in [2.05, 4.69) is 4.98 Å². The van der Waals surface area contributed by atoms with E-state index in [4.69, 9.17) is 0 Å². The maximum Gasteiger partial charge on any atom is 0.232 e. The van der Waals surface area contributed by atoms with Crippen molar-refractivity contribution in [3.63, 3.8) is 0 Å². The van der Waals surface area contributed by atoms with E-state index in [1.807, 2.05) is 6.92 Å². The molecule has 0 saturated carbocycles. The van der Waals surface area contributed by atoms with Crippen LogP contribution in [0.5, 0.6) is 0 Å². The molecule has 0 unspecified atom stereocenters. The molecule has 0 aliphatic heterocycles. The molecule has 0 fully saturated rings. The molecular formula is C7H12N2O2S2. The van der Waals surface area contributed by atoms with E-state index >= 15 is 0 Å². The van der Waals surface area contributed by atoms with Crippen LogP contribution in [-0.2, 0) is 10.0 Å². The quantitative estimate of drug-likeness (QED) is 0.751. The topological polar surface area (TPSA) is 50.3 Å². The summed E-state index contributed by atoms with van der Waals surface area (Å²) >= 11 is 1.38. The van der Waals surface area contributed by atoms with E-state index in [1.54, 1.807) is 6.92 Å². The van der Waals surface area contributed by atoms with Crippen LogP contribution in [-0.4, -0.2) is 26.7 Å². The molecule has 0 bridgehead atoms. The predicted octanol–water partition coefficient (Wildman–Crippen LogP) is 1.16. The second-order valence-corrected chi connectivity index (χ2v) is 6.05. The fourth-order valence-electron chi connectivity index (χ4n) is 0.963. The molecular weight excluding hydrogens is 208 g/mol. The number of thiazole rings is 1. The van der Waals surface area contributed by atoms with Gasteiger partial charge in [0.25, 0.3) is 0 Å². The van der Waals surface area contributed by atoms with E-state index in [0.29, 0.717) is 5.00 Å². The Labute approximate surface area is 82.3 Å². The van der Waals surface area contributed by atoms with Gasteiger partial charge in [0.05, 0.1) is 17.0 Å². The van der Waals surface area contributed by atoms with Gasteiger partial charge in [-0.05, 0) is 13.8 Å². The number of hydrogen-bond donors (Lipinski definition) is 0. The van der Waals surface area contributed by atoms with Crippen LogP contribution >= 0.6 is 11.3 Å². The summed E-state index contributed by atoms with van der Waals surface area (Å²) in [5, 5.41) is 1.57. The fraction of sp³-hybridized carbons (Fsp3) is 0.571. The normalized spacial score (nSPS) is 11.7. The van der Waals surface area contributed by atoms with Gasteiger partial charge >= 0.3 is 0 Å². The Morgan fingerprint density at radius 2 is 1.92 bits per heavy atom.